The molecule has 82 valence electrons. The second-order valence-electron chi connectivity index (χ2n) is 3.33. The minimum absolute atomic E-state index is 0.299. The van der Waals surface area contributed by atoms with Crippen molar-refractivity contribution in [2.45, 2.75) is 13.3 Å². The number of halogens is 2. The maximum Gasteiger partial charge on any atom is 0.136 e. The second-order valence-corrected chi connectivity index (χ2v) is 3.68. The van der Waals surface area contributed by atoms with Gasteiger partial charge in [-0.05, 0) is 18.6 Å². The Kier molecular flexibility index (Phi) is 3.15. The van der Waals surface area contributed by atoms with Gasteiger partial charge in [0.25, 0.3) is 0 Å². The monoisotopic (exact) mass is 236 g/mol. The van der Waals surface area contributed by atoms with E-state index in [0.717, 1.165) is 5.56 Å². The predicted octanol–water partition coefficient (Wildman–Crippen LogP) is 3.50. The average molecular weight is 237 g/mol. The van der Waals surface area contributed by atoms with Gasteiger partial charge in [0.1, 0.15) is 17.3 Å². The van der Waals surface area contributed by atoms with Crippen LogP contribution < -0.4 is 0 Å². The van der Waals surface area contributed by atoms with Crippen LogP contribution in [-0.4, -0.2) is 9.97 Å². The minimum Gasteiger partial charge on any atom is -0.236 e. The molecule has 1 aromatic heterocycles. The van der Waals surface area contributed by atoms with Gasteiger partial charge < -0.3 is 0 Å². The summed E-state index contributed by atoms with van der Waals surface area (Å²) in [4.78, 5) is 8.00. The van der Waals surface area contributed by atoms with Gasteiger partial charge in [-0.1, -0.05) is 30.7 Å². The summed E-state index contributed by atoms with van der Waals surface area (Å²) in [6.07, 6.45) is 2.02. The Morgan fingerprint density at radius 2 is 2.00 bits per heavy atom. The first-order valence-corrected chi connectivity index (χ1v) is 5.36. The molecule has 0 unspecified atom stereocenters. The molecule has 0 saturated heterocycles. The molecule has 16 heavy (non-hydrogen) atoms. The highest BCUT2D eigenvalue weighted by Crippen LogP contribution is 2.27. The largest absolute Gasteiger partial charge is 0.236 e. The number of aromatic nitrogens is 2. The van der Waals surface area contributed by atoms with Crippen molar-refractivity contribution >= 4 is 11.6 Å². The van der Waals surface area contributed by atoms with Crippen molar-refractivity contribution in [3.05, 3.63) is 47.1 Å². The fraction of sp³-hybridized carbons (Fsp3) is 0.167. The summed E-state index contributed by atoms with van der Waals surface area (Å²) < 4.78 is 13.6. The summed E-state index contributed by atoms with van der Waals surface area (Å²) in [5.41, 5.74) is 1.80. The fourth-order valence-corrected chi connectivity index (χ4v) is 1.86. The zero-order valence-corrected chi connectivity index (χ0v) is 9.50. The molecule has 0 bridgehead atoms. The van der Waals surface area contributed by atoms with Crippen LogP contribution >= 0.6 is 11.6 Å². The molecule has 0 aliphatic heterocycles. The van der Waals surface area contributed by atoms with Crippen LogP contribution in [0.3, 0.4) is 0 Å². The molecule has 1 aromatic carbocycles. The lowest BCUT2D eigenvalue weighted by Crippen LogP contribution is -1.97. The van der Waals surface area contributed by atoms with Crippen molar-refractivity contribution in [1.82, 2.24) is 9.97 Å². The highest BCUT2D eigenvalue weighted by Gasteiger charge is 2.12. The molecule has 0 spiro atoms. The molecule has 4 heteroatoms. The van der Waals surface area contributed by atoms with Crippen LogP contribution in [0.4, 0.5) is 4.39 Å². The number of nitrogens with zero attached hydrogens (tertiary/aromatic N) is 2. The Labute approximate surface area is 98.1 Å². The van der Waals surface area contributed by atoms with E-state index in [9.17, 15) is 4.39 Å². The lowest BCUT2D eigenvalue weighted by Gasteiger charge is -2.08. The van der Waals surface area contributed by atoms with E-state index in [4.69, 9.17) is 11.6 Å². The Morgan fingerprint density at radius 3 is 2.69 bits per heavy atom. The molecular weight excluding hydrogens is 227 g/mol. The SMILES string of the molecule is CCc1c(Cl)ncnc1-c1ccccc1F. The smallest absolute Gasteiger partial charge is 0.136 e. The Hall–Kier alpha value is -1.48. The van der Waals surface area contributed by atoms with E-state index in [1.807, 2.05) is 6.92 Å². The van der Waals surface area contributed by atoms with Gasteiger partial charge >= 0.3 is 0 Å². The first kappa shape index (κ1) is 11.0. The molecule has 1 heterocycles. The quantitative estimate of drug-likeness (QED) is 0.746. The van der Waals surface area contributed by atoms with E-state index < -0.39 is 0 Å². The molecule has 0 aliphatic rings. The van der Waals surface area contributed by atoms with Gasteiger partial charge in [0.05, 0.1) is 5.69 Å². The lowest BCUT2D eigenvalue weighted by molar-refractivity contribution is 0.630. The van der Waals surface area contributed by atoms with Crippen LogP contribution in [0.25, 0.3) is 11.3 Å². The second kappa shape index (κ2) is 4.58. The van der Waals surface area contributed by atoms with Gasteiger partial charge in [0, 0.05) is 11.1 Å². The summed E-state index contributed by atoms with van der Waals surface area (Å²) in [5.74, 6) is -0.299. The molecule has 2 nitrogen and oxygen atoms in total. The molecule has 0 N–H and O–H groups in total. The number of benzene rings is 1. The van der Waals surface area contributed by atoms with Gasteiger partial charge in [0.2, 0.25) is 0 Å². The molecule has 2 aromatic rings. The number of rotatable bonds is 2. The Bertz CT molecular complexity index is 514. The average Bonchev–Trinajstić information content (AvgIpc) is 2.29. The molecule has 0 amide bonds. The van der Waals surface area contributed by atoms with E-state index in [2.05, 4.69) is 9.97 Å². The van der Waals surface area contributed by atoms with E-state index in [1.165, 1.54) is 12.4 Å². The van der Waals surface area contributed by atoms with Crippen molar-refractivity contribution < 1.29 is 4.39 Å². The zero-order chi connectivity index (χ0) is 11.5. The van der Waals surface area contributed by atoms with Crippen LogP contribution in [-0.2, 0) is 6.42 Å². The third-order valence-corrected chi connectivity index (χ3v) is 2.70. The van der Waals surface area contributed by atoms with Gasteiger partial charge in [-0.25, -0.2) is 14.4 Å². The molecule has 2 rings (SSSR count). The summed E-state index contributed by atoms with van der Waals surface area (Å²) in [6.45, 7) is 1.94. The summed E-state index contributed by atoms with van der Waals surface area (Å²) >= 11 is 5.96. The van der Waals surface area contributed by atoms with Crippen LogP contribution in [0.1, 0.15) is 12.5 Å². The topological polar surface area (TPSA) is 25.8 Å². The standard InChI is InChI=1S/C12H10ClFN2/c1-2-8-11(15-7-16-12(8)13)9-5-3-4-6-10(9)14/h3-7H,2H2,1H3. The van der Waals surface area contributed by atoms with Gasteiger partial charge in [-0.15, -0.1) is 0 Å². The van der Waals surface area contributed by atoms with Crippen LogP contribution in [0, 0.1) is 5.82 Å². The Morgan fingerprint density at radius 1 is 1.25 bits per heavy atom. The third kappa shape index (κ3) is 1.91. The normalized spacial score (nSPS) is 10.4. The molecule has 0 saturated carbocycles. The van der Waals surface area contributed by atoms with Crippen molar-refractivity contribution in [1.29, 1.82) is 0 Å². The highest BCUT2D eigenvalue weighted by molar-refractivity contribution is 6.30. The fourth-order valence-electron chi connectivity index (χ4n) is 1.59. The van der Waals surface area contributed by atoms with Gasteiger partial charge in [0.15, 0.2) is 0 Å². The summed E-state index contributed by atoms with van der Waals surface area (Å²) in [5, 5.41) is 0.385. The summed E-state index contributed by atoms with van der Waals surface area (Å²) in [7, 11) is 0. The van der Waals surface area contributed by atoms with Crippen LogP contribution in [0.2, 0.25) is 5.15 Å². The lowest BCUT2D eigenvalue weighted by atomic mass is 10.1. The summed E-state index contributed by atoms with van der Waals surface area (Å²) in [6, 6.07) is 6.51. The minimum atomic E-state index is -0.299. The van der Waals surface area contributed by atoms with Crippen molar-refractivity contribution in [3.8, 4) is 11.3 Å². The van der Waals surface area contributed by atoms with Crippen LogP contribution in [0.5, 0.6) is 0 Å². The van der Waals surface area contributed by atoms with E-state index in [0.29, 0.717) is 22.8 Å². The maximum absolute atomic E-state index is 13.6. The van der Waals surface area contributed by atoms with E-state index in [-0.39, 0.29) is 5.82 Å². The van der Waals surface area contributed by atoms with E-state index in [1.54, 1.807) is 18.2 Å². The zero-order valence-electron chi connectivity index (χ0n) is 8.74. The molecule has 0 atom stereocenters. The molecule has 0 aliphatic carbocycles. The maximum atomic E-state index is 13.6. The van der Waals surface area contributed by atoms with Gasteiger partial charge in [-0.2, -0.15) is 0 Å². The van der Waals surface area contributed by atoms with Crippen molar-refractivity contribution in [3.63, 3.8) is 0 Å². The predicted molar refractivity (Wildman–Crippen MR) is 61.8 cm³/mol. The highest BCUT2D eigenvalue weighted by atomic mass is 35.5. The number of hydrogen-bond acceptors (Lipinski definition) is 2. The first-order valence-electron chi connectivity index (χ1n) is 4.98. The van der Waals surface area contributed by atoms with Crippen molar-refractivity contribution in [2.24, 2.45) is 0 Å². The number of hydrogen-bond donors (Lipinski definition) is 0. The third-order valence-electron chi connectivity index (χ3n) is 2.38. The molecule has 0 radical (unpaired) electrons. The molecular formula is C12H10ClFN2. The van der Waals surface area contributed by atoms with Crippen molar-refractivity contribution in [2.75, 3.05) is 0 Å². The van der Waals surface area contributed by atoms with Gasteiger partial charge in [-0.3, -0.25) is 0 Å². The molecule has 0 fully saturated rings. The Balaban J connectivity index is 2.65. The first-order chi connectivity index (χ1) is 7.74. The van der Waals surface area contributed by atoms with Crippen LogP contribution in [0.15, 0.2) is 30.6 Å². The van der Waals surface area contributed by atoms with E-state index >= 15 is 0 Å².